The maximum atomic E-state index is 12.7. The number of aryl methyl sites for hydroxylation is 1. The number of hydrogen-bond acceptors (Lipinski definition) is 4. The predicted molar refractivity (Wildman–Crippen MR) is 109 cm³/mol. The molecule has 2 aromatic rings. The second-order valence-corrected chi connectivity index (χ2v) is 6.64. The fraction of sp³-hybridized carbons (Fsp3) is 0.263. The summed E-state index contributed by atoms with van der Waals surface area (Å²) in [5.41, 5.74) is 2.92. The molecule has 1 aliphatic heterocycles. The first-order valence-corrected chi connectivity index (χ1v) is 8.82. The number of carbonyl (C=O) groups excluding carboxylic acids is 1. The zero-order valence-corrected chi connectivity index (χ0v) is 16.2. The van der Waals surface area contributed by atoms with E-state index in [0.29, 0.717) is 6.54 Å². The lowest BCUT2D eigenvalue weighted by molar-refractivity contribution is 0.100. The van der Waals surface area contributed by atoms with Crippen molar-refractivity contribution in [2.45, 2.75) is 13.3 Å². The van der Waals surface area contributed by atoms with Crippen LogP contribution in [-0.2, 0) is 0 Å². The van der Waals surface area contributed by atoms with Crippen molar-refractivity contribution in [2.24, 2.45) is 4.99 Å². The molecule has 3 nitrogen and oxygen atoms in total. The number of hydrogen-bond donors (Lipinski definition) is 0. The Labute approximate surface area is 157 Å². The van der Waals surface area contributed by atoms with Crippen molar-refractivity contribution in [2.75, 3.05) is 23.7 Å². The Hall–Kier alpha value is -1.59. The topological polar surface area (TPSA) is 32.7 Å². The minimum atomic E-state index is 0. The molecule has 0 aliphatic carbocycles. The van der Waals surface area contributed by atoms with Crippen LogP contribution >= 0.6 is 28.7 Å². The van der Waals surface area contributed by atoms with E-state index in [4.69, 9.17) is 0 Å². The summed E-state index contributed by atoms with van der Waals surface area (Å²) in [6.07, 6.45) is 1.10. The Morgan fingerprint density at radius 1 is 1.12 bits per heavy atom. The molecule has 0 unspecified atom stereocenters. The summed E-state index contributed by atoms with van der Waals surface area (Å²) >= 11 is 1.73. The van der Waals surface area contributed by atoms with E-state index < -0.39 is 0 Å². The third kappa shape index (κ3) is 4.71. The number of Topliss-reactive ketones (excluding diaryl/α,β-unsaturated/α-hetero) is 1. The summed E-state index contributed by atoms with van der Waals surface area (Å²) in [5.74, 6) is 1.17. The molecule has 0 aromatic heterocycles. The first-order valence-electron chi connectivity index (χ1n) is 7.84. The molecule has 0 atom stereocenters. The van der Waals surface area contributed by atoms with Gasteiger partial charge in [-0.1, -0.05) is 59.8 Å². The number of aliphatic imine (C=N–C) groups is 1. The first-order chi connectivity index (χ1) is 11.2. The van der Waals surface area contributed by atoms with E-state index in [1.54, 1.807) is 11.8 Å². The van der Waals surface area contributed by atoms with E-state index in [-0.39, 0.29) is 22.8 Å². The van der Waals surface area contributed by atoms with Gasteiger partial charge in [-0.05, 0) is 25.5 Å². The highest BCUT2D eigenvalue weighted by Crippen LogP contribution is 2.23. The Kier molecular flexibility index (Phi) is 7.06. The highest BCUT2D eigenvalue weighted by molar-refractivity contribution is 8.93. The summed E-state index contributed by atoms with van der Waals surface area (Å²) in [6.45, 7) is 3.18. The molecule has 0 N–H and O–H groups in total. The average Bonchev–Trinajstić information content (AvgIpc) is 2.61. The van der Waals surface area contributed by atoms with Crippen LogP contribution in [-0.4, -0.2) is 29.8 Å². The molecule has 3 rings (SSSR count). The van der Waals surface area contributed by atoms with Crippen molar-refractivity contribution in [1.82, 2.24) is 0 Å². The van der Waals surface area contributed by atoms with Crippen LogP contribution in [0.15, 0.2) is 59.6 Å². The van der Waals surface area contributed by atoms with Gasteiger partial charge in [-0.15, -0.1) is 17.0 Å². The van der Waals surface area contributed by atoms with Gasteiger partial charge >= 0.3 is 0 Å². The number of halogens is 1. The van der Waals surface area contributed by atoms with Gasteiger partial charge in [0.05, 0.1) is 6.54 Å². The molecule has 126 valence electrons. The average molecular weight is 405 g/mol. The van der Waals surface area contributed by atoms with Crippen molar-refractivity contribution in [1.29, 1.82) is 0 Å². The van der Waals surface area contributed by atoms with Gasteiger partial charge in [0.25, 0.3) is 0 Å². The minimum absolute atomic E-state index is 0. The van der Waals surface area contributed by atoms with Crippen LogP contribution < -0.4 is 4.90 Å². The van der Waals surface area contributed by atoms with E-state index >= 15 is 0 Å². The third-order valence-electron chi connectivity index (χ3n) is 3.75. The van der Waals surface area contributed by atoms with E-state index in [0.717, 1.165) is 40.7 Å². The molecule has 0 radical (unpaired) electrons. The van der Waals surface area contributed by atoms with Crippen molar-refractivity contribution in [3.05, 3.63) is 65.7 Å². The number of anilines is 1. The lowest BCUT2D eigenvalue weighted by Gasteiger charge is -2.27. The maximum Gasteiger partial charge on any atom is 0.182 e. The second-order valence-electron chi connectivity index (χ2n) is 5.58. The van der Waals surface area contributed by atoms with Crippen LogP contribution in [0.1, 0.15) is 22.3 Å². The zero-order chi connectivity index (χ0) is 16.1. The van der Waals surface area contributed by atoms with Gasteiger partial charge in [0, 0.05) is 23.5 Å². The van der Waals surface area contributed by atoms with Crippen molar-refractivity contribution < 1.29 is 4.79 Å². The van der Waals surface area contributed by atoms with Crippen LogP contribution in [0.3, 0.4) is 0 Å². The number of benzene rings is 2. The Balaban J connectivity index is 0.00000208. The van der Waals surface area contributed by atoms with E-state index in [1.165, 1.54) is 0 Å². The minimum Gasteiger partial charge on any atom is -0.313 e. The molecule has 1 heterocycles. The summed E-state index contributed by atoms with van der Waals surface area (Å²) in [7, 11) is 0. The lowest BCUT2D eigenvalue weighted by atomic mass is 10.1. The van der Waals surface area contributed by atoms with Gasteiger partial charge in [0.15, 0.2) is 11.0 Å². The predicted octanol–water partition coefficient (Wildman–Crippen LogP) is 4.76. The van der Waals surface area contributed by atoms with E-state index in [9.17, 15) is 4.79 Å². The first kappa shape index (κ1) is 18.7. The number of para-hydroxylation sites is 1. The third-order valence-corrected chi connectivity index (χ3v) is 4.86. The van der Waals surface area contributed by atoms with Gasteiger partial charge < -0.3 is 4.90 Å². The maximum absolute atomic E-state index is 12.7. The van der Waals surface area contributed by atoms with Crippen molar-refractivity contribution in [3.8, 4) is 0 Å². The molecule has 0 saturated heterocycles. The van der Waals surface area contributed by atoms with Crippen LogP contribution in [0.4, 0.5) is 5.69 Å². The number of nitrogens with zero attached hydrogens (tertiary/aromatic N) is 2. The lowest BCUT2D eigenvalue weighted by Crippen LogP contribution is -2.35. The van der Waals surface area contributed by atoms with Gasteiger partial charge in [-0.25, -0.2) is 0 Å². The fourth-order valence-electron chi connectivity index (χ4n) is 2.46. The Morgan fingerprint density at radius 3 is 2.46 bits per heavy atom. The summed E-state index contributed by atoms with van der Waals surface area (Å²) in [6, 6.07) is 17.8. The van der Waals surface area contributed by atoms with Crippen LogP contribution in [0.25, 0.3) is 0 Å². The number of rotatable bonds is 4. The van der Waals surface area contributed by atoms with Crippen molar-refractivity contribution >= 4 is 45.4 Å². The molecule has 1 aliphatic rings. The number of thioether (sulfide) groups is 1. The highest BCUT2D eigenvalue weighted by atomic mass is 79.9. The van der Waals surface area contributed by atoms with Gasteiger partial charge in [0.2, 0.25) is 0 Å². The molecule has 0 saturated carbocycles. The Morgan fingerprint density at radius 2 is 1.83 bits per heavy atom. The van der Waals surface area contributed by atoms with Gasteiger partial charge in [-0.2, -0.15) is 0 Å². The summed E-state index contributed by atoms with van der Waals surface area (Å²) in [4.78, 5) is 19.3. The standard InChI is InChI=1S/C19H20N2OS.BrH/c1-15-8-10-16(11-9-15)18(22)14-21(17-6-3-2-4-7-17)19-20-12-5-13-23-19;/h2-4,6-11H,5,12-14H2,1H3;1H. The van der Waals surface area contributed by atoms with Crippen LogP contribution in [0.5, 0.6) is 0 Å². The number of carbonyl (C=O) groups is 1. The zero-order valence-electron chi connectivity index (χ0n) is 13.6. The molecular formula is C19H21BrN2OS. The molecule has 0 fully saturated rings. The quantitative estimate of drug-likeness (QED) is 0.688. The van der Waals surface area contributed by atoms with Crippen LogP contribution in [0.2, 0.25) is 0 Å². The molecule has 5 heteroatoms. The molecule has 2 aromatic carbocycles. The van der Waals surface area contributed by atoms with Crippen LogP contribution in [0, 0.1) is 6.92 Å². The fourth-order valence-corrected chi connectivity index (χ4v) is 3.43. The van der Waals surface area contributed by atoms with Gasteiger partial charge in [-0.3, -0.25) is 9.79 Å². The Bertz CT molecular complexity index is 701. The number of amidine groups is 1. The van der Waals surface area contributed by atoms with E-state index in [1.807, 2.05) is 66.4 Å². The second kappa shape index (κ2) is 9.04. The number of ketones is 1. The summed E-state index contributed by atoms with van der Waals surface area (Å²) in [5, 5.41) is 0.947. The summed E-state index contributed by atoms with van der Waals surface area (Å²) < 4.78 is 0. The van der Waals surface area contributed by atoms with Gasteiger partial charge in [0.1, 0.15) is 0 Å². The monoisotopic (exact) mass is 404 g/mol. The molecule has 0 spiro atoms. The molecular weight excluding hydrogens is 384 g/mol. The normalized spacial score (nSPS) is 13.6. The van der Waals surface area contributed by atoms with E-state index in [2.05, 4.69) is 4.99 Å². The molecule has 0 bridgehead atoms. The largest absolute Gasteiger partial charge is 0.313 e. The SMILES string of the molecule is Br.Cc1ccc(C(=O)CN(C2=NCCCS2)c2ccccc2)cc1. The van der Waals surface area contributed by atoms with Crippen molar-refractivity contribution in [3.63, 3.8) is 0 Å². The molecule has 0 amide bonds. The molecule has 24 heavy (non-hydrogen) atoms. The highest BCUT2D eigenvalue weighted by Gasteiger charge is 2.20. The smallest absolute Gasteiger partial charge is 0.182 e.